The Morgan fingerprint density at radius 3 is 2.36 bits per heavy atom. The number of unbranched alkanes of at least 4 members (excludes halogenated alkanes) is 1. The number of hydrogen-bond donors (Lipinski definition) is 4. The van der Waals surface area contributed by atoms with Gasteiger partial charge in [0.25, 0.3) is 0 Å². The molecule has 0 aliphatic rings. The average molecular weight is 385 g/mol. The van der Waals surface area contributed by atoms with Crippen LogP contribution in [0.5, 0.6) is 0 Å². The number of fused-ring (bicyclic) bond motifs is 1. The van der Waals surface area contributed by atoms with Crippen LogP contribution in [0.2, 0.25) is 0 Å². The Balaban J connectivity index is 1.96. The summed E-state index contributed by atoms with van der Waals surface area (Å²) in [5.41, 5.74) is 4.44. The van der Waals surface area contributed by atoms with Crippen LogP contribution in [-0.4, -0.2) is 36.3 Å². The molecule has 3 amide bonds. The topological polar surface area (TPSA) is 115 Å². The van der Waals surface area contributed by atoms with Crippen molar-refractivity contribution in [3.63, 3.8) is 0 Å². The highest BCUT2D eigenvalue weighted by atomic mass is 16.2. The van der Waals surface area contributed by atoms with Gasteiger partial charge in [-0.05, 0) is 49.1 Å². The SMILES string of the molecule is CC(=O)N[C@@H](CCCC[NH3+])C(=O)N[C@@H](C)C(=O)Nc1ccc2ccccc2c1. The highest BCUT2D eigenvalue weighted by Gasteiger charge is 2.23. The molecule has 0 aliphatic heterocycles. The quantitative estimate of drug-likeness (QED) is 0.486. The average Bonchev–Trinajstić information content (AvgIpc) is 2.66. The van der Waals surface area contributed by atoms with Gasteiger partial charge in [0.05, 0.1) is 6.54 Å². The van der Waals surface area contributed by atoms with Crippen LogP contribution in [0.15, 0.2) is 42.5 Å². The van der Waals surface area contributed by atoms with Crippen LogP contribution in [-0.2, 0) is 14.4 Å². The highest BCUT2D eigenvalue weighted by molar-refractivity contribution is 5.99. The van der Waals surface area contributed by atoms with Crippen LogP contribution in [0.25, 0.3) is 10.8 Å². The molecule has 0 aliphatic carbocycles. The first-order valence-corrected chi connectivity index (χ1v) is 9.57. The lowest BCUT2D eigenvalue weighted by Crippen LogP contribution is -2.52. The van der Waals surface area contributed by atoms with Crippen molar-refractivity contribution in [2.45, 2.75) is 45.2 Å². The van der Waals surface area contributed by atoms with Gasteiger partial charge in [-0.15, -0.1) is 0 Å². The first kappa shape index (κ1) is 21.4. The first-order valence-electron chi connectivity index (χ1n) is 9.57. The van der Waals surface area contributed by atoms with Gasteiger partial charge in [0.1, 0.15) is 12.1 Å². The molecule has 0 aromatic heterocycles. The first-order chi connectivity index (χ1) is 13.4. The zero-order valence-electron chi connectivity index (χ0n) is 16.5. The molecule has 2 aromatic rings. The van der Waals surface area contributed by atoms with E-state index >= 15 is 0 Å². The molecule has 7 heteroatoms. The summed E-state index contributed by atoms with van der Waals surface area (Å²) in [6.45, 7) is 3.77. The summed E-state index contributed by atoms with van der Waals surface area (Å²) in [5.74, 6) is -0.952. The van der Waals surface area contributed by atoms with Crippen molar-refractivity contribution in [3.8, 4) is 0 Å². The molecule has 7 nitrogen and oxygen atoms in total. The van der Waals surface area contributed by atoms with Gasteiger partial charge < -0.3 is 21.7 Å². The molecule has 0 saturated heterocycles. The lowest BCUT2D eigenvalue weighted by Gasteiger charge is -2.20. The van der Waals surface area contributed by atoms with Gasteiger partial charge in [0, 0.05) is 12.6 Å². The molecule has 2 rings (SSSR count). The fourth-order valence-corrected chi connectivity index (χ4v) is 2.94. The summed E-state index contributed by atoms with van der Waals surface area (Å²) in [5, 5.41) is 10.3. The normalized spacial score (nSPS) is 12.8. The van der Waals surface area contributed by atoms with Gasteiger partial charge in [-0.25, -0.2) is 0 Å². The molecule has 2 atom stereocenters. The molecule has 0 spiro atoms. The van der Waals surface area contributed by atoms with Crippen molar-refractivity contribution in [1.29, 1.82) is 0 Å². The van der Waals surface area contributed by atoms with E-state index in [0.29, 0.717) is 12.1 Å². The van der Waals surface area contributed by atoms with Crippen LogP contribution < -0.4 is 21.7 Å². The predicted molar refractivity (Wildman–Crippen MR) is 109 cm³/mol. The van der Waals surface area contributed by atoms with Crippen molar-refractivity contribution in [1.82, 2.24) is 10.6 Å². The number of carbonyl (C=O) groups excluding carboxylic acids is 3. The minimum Gasteiger partial charge on any atom is -0.358 e. The molecular formula is C21H29N4O3+. The third-order valence-corrected chi connectivity index (χ3v) is 4.46. The lowest BCUT2D eigenvalue weighted by molar-refractivity contribution is -0.368. The maximum Gasteiger partial charge on any atom is 0.246 e. The minimum atomic E-state index is -0.733. The monoisotopic (exact) mass is 385 g/mol. The molecular weight excluding hydrogens is 356 g/mol. The Morgan fingerprint density at radius 2 is 1.68 bits per heavy atom. The van der Waals surface area contributed by atoms with E-state index in [4.69, 9.17) is 0 Å². The third-order valence-electron chi connectivity index (χ3n) is 4.46. The number of benzene rings is 2. The smallest absolute Gasteiger partial charge is 0.246 e. The summed E-state index contributed by atoms with van der Waals surface area (Å²) in [4.78, 5) is 36.3. The van der Waals surface area contributed by atoms with Gasteiger partial charge >= 0.3 is 0 Å². The summed E-state index contributed by atoms with van der Waals surface area (Å²) < 4.78 is 0. The van der Waals surface area contributed by atoms with Crippen molar-refractivity contribution >= 4 is 34.2 Å². The summed E-state index contributed by atoms with van der Waals surface area (Å²) in [6, 6.07) is 12.1. The summed E-state index contributed by atoms with van der Waals surface area (Å²) in [7, 11) is 0. The third kappa shape index (κ3) is 6.35. The zero-order valence-corrected chi connectivity index (χ0v) is 16.5. The van der Waals surface area contributed by atoms with E-state index in [0.717, 1.165) is 30.2 Å². The van der Waals surface area contributed by atoms with Gasteiger partial charge in [-0.1, -0.05) is 30.3 Å². The second-order valence-electron chi connectivity index (χ2n) is 6.88. The van der Waals surface area contributed by atoms with Crippen LogP contribution in [0.3, 0.4) is 0 Å². The van der Waals surface area contributed by atoms with Crippen molar-refractivity contribution in [2.24, 2.45) is 0 Å². The molecule has 0 saturated carbocycles. The van der Waals surface area contributed by atoms with Gasteiger partial charge in [-0.2, -0.15) is 0 Å². The Labute approximate surface area is 165 Å². The second-order valence-corrected chi connectivity index (χ2v) is 6.88. The molecule has 28 heavy (non-hydrogen) atoms. The molecule has 150 valence electrons. The van der Waals surface area contributed by atoms with E-state index in [-0.39, 0.29) is 17.7 Å². The van der Waals surface area contributed by atoms with Crippen LogP contribution in [0.1, 0.15) is 33.1 Å². The number of anilines is 1. The van der Waals surface area contributed by atoms with Crippen molar-refractivity contribution < 1.29 is 20.1 Å². The number of quaternary nitrogens is 1. The fraction of sp³-hybridized carbons (Fsp3) is 0.381. The van der Waals surface area contributed by atoms with Gasteiger partial charge in [0.15, 0.2) is 0 Å². The standard InChI is InChI=1S/C21H28N4O3/c1-14(23-21(28)19(24-15(2)26)9-5-6-12-22)20(27)25-18-11-10-16-7-3-4-8-17(16)13-18/h3-4,7-8,10-11,13-14,19H,5-6,9,12,22H2,1-2H3,(H,23,28)(H,24,26)(H,25,27)/p+1/t14-,19-/m0/s1. The van der Waals surface area contributed by atoms with Crippen molar-refractivity contribution in [3.05, 3.63) is 42.5 Å². The van der Waals surface area contributed by atoms with Crippen LogP contribution in [0.4, 0.5) is 5.69 Å². The molecule has 6 N–H and O–H groups in total. The summed E-state index contributed by atoms with van der Waals surface area (Å²) >= 11 is 0. The predicted octanol–water partition coefficient (Wildman–Crippen LogP) is 1.20. The van der Waals surface area contributed by atoms with E-state index in [1.165, 1.54) is 6.92 Å². The number of hydrogen-bond acceptors (Lipinski definition) is 3. The van der Waals surface area contributed by atoms with E-state index in [9.17, 15) is 14.4 Å². The minimum absolute atomic E-state index is 0.275. The Morgan fingerprint density at radius 1 is 0.964 bits per heavy atom. The number of rotatable bonds is 9. The molecule has 0 fully saturated rings. The van der Waals surface area contributed by atoms with E-state index < -0.39 is 12.1 Å². The molecule has 0 unspecified atom stereocenters. The van der Waals surface area contributed by atoms with Gasteiger partial charge in [-0.3, -0.25) is 14.4 Å². The van der Waals surface area contributed by atoms with E-state index in [1.54, 1.807) is 6.92 Å². The zero-order chi connectivity index (χ0) is 20.5. The molecule has 2 aromatic carbocycles. The fourth-order valence-electron chi connectivity index (χ4n) is 2.94. The van der Waals surface area contributed by atoms with Crippen LogP contribution in [0, 0.1) is 0 Å². The van der Waals surface area contributed by atoms with Crippen LogP contribution >= 0.6 is 0 Å². The number of amides is 3. The number of carbonyl (C=O) groups is 3. The van der Waals surface area contributed by atoms with Crippen molar-refractivity contribution in [2.75, 3.05) is 11.9 Å². The maximum absolute atomic E-state index is 12.5. The highest BCUT2D eigenvalue weighted by Crippen LogP contribution is 2.18. The largest absolute Gasteiger partial charge is 0.358 e. The molecule has 0 heterocycles. The Kier molecular flexibility index (Phi) is 7.95. The molecule has 0 radical (unpaired) electrons. The maximum atomic E-state index is 12.5. The Bertz CT molecular complexity index is 837. The second kappa shape index (κ2) is 10.4. The van der Waals surface area contributed by atoms with Gasteiger partial charge in [0.2, 0.25) is 17.7 Å². The lowest BCUT2D eigenvalue weighted by atomic mass is 10.1. The molecule has 0 bridgehead atoms. The van der Waals surface area contributed by atoms with E-state index in [1.807, 2.05) is 42.5 Å². The number of nitrogens with one attached hydrogen (secondary N) is 3. The Hall–Kier alpha value is -2.93. The van der Waals surface area contributed by atoms with E-state index in [2.05, 4.69) is 21.7 Å². The summed E-state index contributed by atoms with van der Waals surface area (Å²) in [6.07, 6.45) is 2.17.